The minimum Gasteiger partial charge on any atom is -0.496 e. The molecule has 3 N–H and O–H groups in total. The lowest BCUT2D eigenvalue weighted by atomic mass is 9.85. The van der Waals surface area contributed by atoms with Gasteiger partial charge in [-0.1, -0.05) is 11.6 Å². The summed E-state index contributed by atoms with van der Waals surface area (Å²) in [4.78, 5) is 10.6. The molecule has 0 aliphatic carbocycles. The van der Waals surface area contributed by atoms with Crippen LogP contribution in [0.15, 0.2) is 12.4 Å². The number of likely N-dealkylation sites (tertiary alicyclic amines) is 1. The second kappa shape index (κ2) is 8.54. The highest BCUT2D eigenvalue weighted by Gasteiger charge is 2.35. The van der Waals surface area contributed by atoms with Gasteiger partial charge >= 0.3 is 0 Å². The number of β-amino-alcohol motifs (C(OH)–C–C–N with tert-alkyl or cyclic N) is 1. The molecule has 1 fully saturated rings. The van der Waals surface area contributed by atoms with E-state index < -0.39 is 6.10 Å². The van der Waals surface area contributed by atoms with Gasteiger partial charge in [-0.05, 0) is 26.8 Å². The smallest absolute Gasteiger partial charge is 0.164 e. The van der Waals surface area contributed by atoms with Gasteiger partial charge in [0.25, 0.3) is 0 Å². The number of nitrogens with zero attached hydrogens (tertiary/aromatic N) is 6. The van der Waals surface area contributed by atoms with E-state index in [-0.39, 0.29) is 12.0 Å². The summed E-state index contributed by atoms with van der Waals surface area (Å²) in [6, 6.07) is 3.74. The number of benzene rings is 1. The first-order valence-corrected chi connectivity index (χ1v) is 10.8. The standard InChI is InChI=1S/C22H26ClN7O2/c1-11(31)7-29-8-14(9-29)19-16(6-24)17(23)5-15(20(19)32-4)13(3)30-22-18(12(2)28-30)21(25)26-10-27-22/h5,10-11,13-14,31H,7-9H2,1-4H3,(H2,25,26,27)/t11?,13-/m0/s1. The molecule has 10 heteroatoms. The van der Waals surface area contributed by atoms with E-state index in [2.05, 4.69) is 26.0 Å². The maximum Gasteiger partial charge on any atom is 0.164 e. The molecule has 0 saturated carbocycles. The van der Waals surface area contributed by atoms with Crippen molar-refractivity contribution in [2.45, 2.75) is 38.8 Å². The number of hydrogen-bond acceptors (Lipinski definition) is 8. The topological polar surface area (TPSA) is 126 Å². The molecule has 0 radical (unpaired) electrons. The Hall–Kier alpha value is -2.93. The molecule has 168 valence electrons. The van der Waals surface area contributed by atoms with Crippen molar-refractivity contribution in [3.63, 3.8) is 0 Å². The lowest BCUT2D eigenvalue weighted by Gasteiger charge is -2.41. The fourth-order valence-corrected chi connectivity index (χ4v) is 4.82. The van der Waals surface area contributed by atoms with Crippen molar-refractivity contribution in [3.8, 4) is 11.8 Å². The average Bonchev–Trinajstić information content (AvgIpc) is 3.06. The Labute approximate surface area is 191 Å². The average molecular weight is 456 g/mol. The highest BCUT2D eigenvalue weighted by Crippen LogP contribution is 2.44. The number of aliphatic hydroxyl groups is 1. The summed E-state index contributed by atoms with van der Waals surface area (Å²) in [5.41, 5.74) is 9.44. The van der Waals surface area contributed by atoms with Crippen LogP contribution in [-0.2, 0) is 0 Å². The molecule has 0 amide bonds. The number of methoxy groups -OCH3 is 1. The molecular formula is C22H26ClN7O2. The van der Waals surface area contributed by atoms with Crippen LogP contribution in [0.5, 0.6) is 5.75 Å². The van der Waals surface area contributed by atoms with Crippen LogP contribution < -0.4 is 10.5 Å². The number of hydrogen-bond donors (Lipinski definition) is 2. The van der Waals surface area contributed by atoms with Crippen LogP contribution in [0.2, 0.25) is 5.02 Å². The van der Waals surface area contributed by atoms with Crippen molar-refractivity contribution < 1.29 is 9.84 Å². The molecule has 0 bridgehead atoms. The molecule has 3 heterocycles. The van der Waals surface area contributed by atoms with E-state index in [0.717, 1.165) is 29.9 Å². The third-order valence-corrected chi connectivity index (χ3v) is 6.31. The van der Waals surface area contributed by atoms with E-state index in [1.807, 2.05) is 13.8 Å². The molecule has 9 nitrogen and oxygen atoms in total. The van der Waals surface area contributed by atoms with Crippen molar-refractivity contribution in [3.05, 3.63) is 39.8 Å². The molecule has 1 unspecified atom stereocenters. The lowest BCUT2D eigenvalue weighted by Crippen LogP contribution is -2.48. The summed E-state index contributed by atoms with van der Waals surface area (Å²) in [6.07, 6.45) is 1.01. The van der Waals surface area contributed by atoms with Crippen LogP contribution in [0.25, 0.3) is 11.0 Å². The Balaban J connectivity index is 1.82. The first-order chi connectivity index (χ1) is 15.3. The van der Waals surface area contributed by atoms with E-state index in [0.29, 0.717) is 39.7 Å². The number of ether oxygens (including phenoxy) is 1. The van der Waals surface area contributed by atoms with Gasteiger partial charge in [-0.3, -0.25) is 4.90 Å². The zero-order valence-corrected chi connectivity index (χ0v) is 19.3. The van der Waals surface area contributed by atoms with Gasteiger partial charge in [0.15, 0.2) is 5.65 Å². The monoisotopic (exact) mass is 455 g/mol. The van der Waals surface area contributed by atoms with E-state index in [9.17, 15) is 10.4 Å². The summed E-state index contributed by atoms with van der Waals surface area (Å²) in [5.74, 6) is 1.09. The van der Waals surface area contributed by atoms with Crippen molar-refractivity contribution in [1.82, 2.24) is 24.6 Å². The number of rotatable bonds is 6. The Morgan fingerprint density at radius 1 is 1.38 bits per heavy atom. The van der Waals surface area contributed by atoms with Crippen molar-refractivity contribution in [2.24, 2.45) is 0 Å². The van der Waals surface area contributed by atoms with E-state index >= 15 is 0 Å². The molecule has 0 spiro atoms. The van der Waals surface area contributed by atoms with Gasteiger partial charge < -0.3 is 15.6 Å². The zero-order valence-electron chi connectivity index (χ0n) is 18.5. The number of nitrogen functional groups attached to an aromatic ring is 1. The van der Waals surface area contributed by atoms with Crippen LogP contribution in [0.1, 0.15) is 48.2 Å². The SMILES string of the molecule is COc1c([C@H](C)n2nc(C)c3c(N)ncnc32)cc(Cl)c(C#N)c1C1CN(CC(C)O)C1. The summed E-state index contributed by atoms with van der Waals surface area (Å²) < 4.78 is 7.64. The van der Waals surface area contributed by atoms with E-state index in [1.165, 1.54) is 6.33 Å². The van der Waals surface area contributed by atoms with Gasteiger partial charge in [-0.2, -0.15) is 10.4 Å². The predicted molar refractivity (Wildman–Crippen MR) is 122 cm³/mol. The largest absolute Gasteiger partial charge is 0.496 e. The second-order valence-electron chi connectivity index (χ2n) is 8.31. The predicted octanol–water partition coefficient (Wildman–Crippen LogP) is 2.64. The van der Waals surface area contributed by atoms with Crippen LogP contribution >= 0.6 is 11.6 Å². The Kier molecular flexibility index (Phi) is 5.95. The number of fused-ring (bicyclic) bond motifs is 1. The number of nitriles is 1. The van der Waals surface area contributed by atoms with Gasteiger partial charge in [0.2, 0.25) is 0 Å². The lowest BCUT2D eigenvalue weighted by molar-refractivity contribution is 0.0733. The quantitative estimate of drug-likeness (QED) is 0.580. The molecule has 2 atom stereocenters. The summed E-state index contributed by atoms with van der Waals surface area (Å²) in [6.45, 7) is 7.64. The van der Waals surface area contributed by atoms with Gasteiger partial charge in [-0.25, -0.2) is 14.6 Å². The zero-order chi connectivity index (χ0) is 23.2. The molecule has 3 aromatic rings. The van der Waals surface area contributed by atoms with Gasteiger partial charge in [0.05, 0.1) is 40.9 Å². The second-order valence-corrected chi connectivity index (χ2v) is 8.72. The van der Waals surface area contributed by atoms with Crippen LogP contribution in [0, 0.1) is 18.3 Å². The number of aromatic nitrogens is 4. The summed E-state index contributed by atoms with van der Waals surface area (Å²) >= 11 is 6.58. The van der Waals surface area contributed by atoms with Crippen molar-refractivity contribution >= 4 is 28.5 Å². The van der Waals surface area contributed by atoms with E-state index in [1.54, 1.807) is 24.8 Å². The third-order valence-electron chi connectivity index (χ3n) is 6.01. The highest BCUT2D eigenvalue weighted by molar-refractivity contribution is 6.32. The molecule has 1 saturated heterocycles. The summed E-state index contributed by atoms with van der Waals surface area (Å²) in [7, 11) is 1.60. The first-order valence-electron chi connectivity index (χ1n) is 10.4. The molecule has 4 rings (SSSR count). The molecule has 2 aromatic heterocycles. The minimum atomic E-state index is -0.408. The number of halogens is 1. The fraction of sp³-hybridized carbons (Fsp3) is 0.455. The van der Waals surface area contributed by atoms with Crippen LogP contribution in [0.3, 0.4) is 0 Å². The molecule has 1 aromatic carbocycles. The summed E-state index contributed by atoms with van der Waals surface area (Å²) in [5, 5.41) is 25.3. The minimum absolute atomic E-state index is 0.0806. The molecule has 32 heavy (non-hydrogen) atoms. The highest BCUT2D eigenvalue weighted by atomic mass is 35.5. The maximum absolute atomic E-state index is 9.83. The van der Waals surface area contributed by atoms with Crippen molar-refractivity contribution in [2.75, 3.05) is 32.5 Å². The number of aliphatic hydroxyl groups excluding tert-OH is 1. The number of anilines is 1. The van der Waals surface area contributed by atoms with Crippen LogP contribution in [-0.4, -0.2) is 62.6 Å². The van der Waals surface area contributed by atoms with Crippen LogP contribution in [0.4, 0.5) is 5.82 Å². The number of nitrogens with two attached hydrogens (primary N) is 1. The molecule has 1 aliphatic heterocycles. The number of aryl methyl sites for hydroxylation is 1. The Morgan fingerprint density at radius 3 is 2.72 bits per heavy atom. The Bertz CT molecular complexity index is 1210. The maximum atomic E-state index is 9.83. The van der Waals surface area contributed by atoms with E-state index in [4.69, 9.17) is 22.1 Å². The Morgan fingerprint density at radius 2 is 2.09 bits per heavy atom. The molecule has 1 aliphatic rings. The third kappa shape index (κ3) is 3.64. The van der Waals surface area contributed by atoms with Crippen molar-refractivity contribution in [1.29, 1.82) is 5.26 Å². The fourth-order valence-electron chi connectivity index (χ4n) is 4.56. The van der Waals surface area contributed by atoms with Gasteiger partial charge in [0.1, 0.15) is 24.0 Å². The van der Waals surface area contributed by atoms with Gasteiger partial charge in [0, 0.05) is 36.7 Å². The molecular weight excluding hydrogens is 430 g/mol. The van der Waals surface area contributed by atoms with Gasteiger partial charge in [-0.15, -0.1) is 0 Å². The normalized spacial score (nSPS) is 16.5. The first kappa shape index (κ1) is 22.3.